The molecule has 0 aliphatic rings. The molecule has 24 heavy (non-hydrogen) atoms. The number of nitrogens with one attached hydrogen (secondary N) is 1. The van der Waals surface area contributed by atoms with Crippen molar-refractivity contribution in [3.63, 3.8) is 0 Å². The summed E-state index contributed by atoms with van der Waals surface area (Å²) in [4.78, 5) is 0. The van der Waals surface area contributed by atoms with Gasteiger partial charge in [-0.2, -0.15) is 0 Å². The maximum absolute atomic E-state index is 10.4. The molecule has 0 aliphatic heterocycles. The largest absolute Gasteiger partial charge is 0.508 e. The van der Waals surface area contributed by atoms with Gasteiger partial charge in [0.2, 0.25) is 0 Å². The predicted octanol–water partition coefficient (Wildman–Crippen LogP) is 6.36. The molecule has 2 nitrogen and oxygen atoms in total. The van der Waals surface area contributed by atoms with Gasteiger partial charge in [-0.3, -0.25) is 0 Å². The van der Waals surface area contributed by atoms with Crippen LogP contribution in [0.15, 0.2) is 35.4 Å². The minimum Gasteiger partial charge on any atom is -0.508 e. The number of hydrogen-bond donors (Lipinski definition) is 2. The highest BCUT2D eigenvalue weighted by atomic mass is 16.3. The average Bonchev–Trinajstić information content (AvgIpc) is 2.53. The standard InChI is InChI=1S/C22H33NO/c1-5-6-7-11-19-14-20(16-23)21(22(24)15-19)13-12-18(4)10-8-9-17(2)3/h9,12,14-16,23-24H,5-8,10-11,13H2,1-4H3/b18-12+,23-16?. The highest BCUT2D eigenvalue weighted by Gasteiger charge is 2.08. The minimum absolute atomic E-state index is 0.329. The summed E-state index contributed by atoms with van der Waals surface area (Å²) in [6.45, 7) is 8.57. The lowest BCUT2D eigenvalue weighted by Crippen LogP contribution is -1.97. The van der Waals surface area contributed by atoms with E-state index >= 15 is 0 Å². The summed E-state index contributed by atoms with van der Waals surface area (Å²) in [6.07, 6.45) is 13.1. The van der Waals surface area contributed by atoms with Crippen molar-refractivity contribution in [2.45, 2.75) is 72.6 Å². The lowest BCUT2D eigenvalue weighted by atomic mass is 9.96. The zero-order chi connectivity index (χ0) is 17.9. The summed E-state index contributed by atoms with van der Waals surface area (Å²) in [5, 5.41) is 18.0. The van der Waals surface area contributed by atoms with Crippen LogP contribution in [0.4, 0.5) is 0 Å². The molecule has 0 radical (unpaired) electrons. The molecule has 1 aromatic carbocycles. The van der Waals surface area contributed by atoms with Crippen LogP contribution in [0.3, 0.4) is 0 Å². The molecular weight excluding hydrogens is 294 g/mol. The molecule has 0 fully saturated rings. The minimum atomic E-state index is 0.329. The summed E-state index contributed by atoms with van der Waals surface area (Å²) in [6, 6.07) is 3.94. The Labute approximate surface area is 147 Å². The van der Waals surface area contributed by atoms with Crippen LogP contribution in [-0.2, 0) is 12.8 Å². The van der Waals surface area contributed by atoms with Crippen molar-refractivity contribution in [1.29, 1.82) is 5.41 Å². The lowest BCUT2D eigenvalue weighted by molar-refractivity contribution is 0.468. The molecule has 0 saturated heterocycles. The van der Waals surface area contributed by atoms with Gasteiger partial charge in [0.15, 0.2) is 0 Å². The van der Waals surface area contributed by atoms with Crippen molar-refractivity contribution in [2.24, 2.45) is 0 Å². The highest BCUT2D eigenvalue weighted by Crippen LogP contribution is 2.25. The van der Waals surface area contributed by atoms with Crippen molar-refractivity contribution in [3.05, 3.63) is 52.1 Å². The van der Waals surface area contributed by atoms with Gasteiger partial charge in [-0.25, -0.2) is 0 Å². The van der Waals surface area contributed by atoms with Crippen LogP contribution in [0.2, 0.25) is 0 Å². The van der Waals surface area contributed by atoms with Gasteiger partial charge >= 0.3 is 0 Å². The van der Waals surface area contributed by atoms with E-state index in [4.69, 9.17) is 5.41 Å². The van der Waals surface area contributed by atoms with Crippen LogP contribution in [0.1, 0.15) is 76.5 Å². The van der Waals surface area contributed by atoms with E-state index in [0.717, 1.165) is 42.4 Å². The van der Waals surface area contributed by atoms with Crippen molar-refractivity contribution in [2.75, 3.05) is 0 Å². The first-order valence-electron chi connectivity index (χ1n) is 9.12. The summed E-state index contributed by atoms with van der Waals surface area (Å²) in [5.41, 5.74) is 5.52. The second-order valence-electron chi connectivity index (χ2n) is 6.86. The van der Waals surface area contributed by atoms with Gasteiger partial charge in [0.05, 0.1) is 0 Å². The van der Waals surface area contributed by atoms with E-state index in [2.05, 4.69) is 45.9 Å². The summed E-state index contributed by atoms with van der Waals surface area (Å²) in [5.74, 6) is 0.329. The maximum atomic E-state index is 10.4. The first-order valence-corrected chi connectivity index (χ1v) is 9.12. The maximum Gasteiger partial charge on any atom is 0.120 e. The molecule has 2 heteroatoms. The Hall–Kier alpha value is -1.83. The van der Waals surface area contributed by atoms with Gasteiger partial charge < -0.3 is 10.5 Å². The van der Waals surface area contributed by atoms with E-state index in [9.17, 15) is 5.11 Å². The van der Waals surface area contributed by atoms with Crippen LogP contribution in [0.5, 0.6) is 5.75 Å². The molecule has 0 spiro atoms. The number of aromatic hydroxyl groups is 1. The third kappa shape index (κ3) is 7.16. The van der Waals surface area contributed by atoms with Crippen molar-refractivity contribution < 1.29 is 5.11 Å². The average molecular weight is 328 g/mol. The van der Waals surface area contributed by atoms with E-state index < -0.39 is 0 Å². The van der Waals surface area contributed by atoms with Gasteiger partial charge in [0, 0.05) is 11.8 Å². The Morgan fingerprint density at radius 3 is 2.50 bits per heavy atom. The fourth-order valence-electron chi connectivity index (χ4n) is 2.78. The van der Waals surface area contributed by atoms with Crippen LogP contribution in [-0.4, -0.2) is 11.3 Å². The smallest absolute Gasteiger partial charge is 0.120 e. The first-order chi connectivity index (χ1) is 11.5. The molecule has 0 unspecified atom stereocenters. The lowest BCUT2D eigenvalue weighted by Gasteiger charge is -2.11. The molecule has 0 aromatic heterocycles. The Kier molecular flexibility index (Phi) is 9.14. The quantitative estimate of drug-likeness (QED) is 0.293. The first kappa shape index (κ1) is 20.2. The molecule has 0 amide bonds. The SMILES string of the molecule is CCCCCc1cc(O)c(C/C=C(\C)CCC=C(C)C)c(C=N)c1. The Balaban J connectivity index is 2.79. The predicted molar refractivity (Wildman–Crippen MR) is 105 cm³/mol. The number of hydrogen-bond acceptors (Lipinski definition) is 2. The topological polar surface area (TPSA) is 44.1 Å². The Bertz CT molecular complexity index is 592. The second kappa shape index (κ2) is 10.9. The van der Waals surface area contributed by atoms with Crippen molar-refractivity contribution in [3.8, 4) is 5.75 Å². The van der Waals surface area contributed by atoms with E-state index in [1.165, 1.54) is 30.2 Å². The molecule has 0 heterocycles. The molecule has 2 N–H and O–H groups in total. The van der Waals surface area contributed by atoms with E-state index in [-0.39, 0.29) is 0 Å². The molecule has 132 valence electrons. The van der Waals surface area contributed by atoms with Crippen LogP contribution in [0, 0.1) is 5.41 Å². The van der Waals surface area contributed by atoms with E-state index in [1.807, 2.05) is 6.07 Å². The third-order valence-corrected chi connectivity index (χ3v) is 4.29. The monoisotopic (exact) mass is 327 g/mol. The van der Waals surface area contributed by atoms with Crippen LogP contribution < -0.4 is 0 Å². The number of benzene rings is 1. The summed E-state index contributed by atoms with van der Waals surface area (Å²) in [7, 11) is 0. The Morgan fingerprint density at radius 2 is 1.88 bits per heavy atom. The van der Waals surface area contributed by atoms with Crippen molar-refractivity contribution in [1.82, 2.24) is 0 Å². The zero-order valence-electron chi connectivity index (χ0n) is 15.8. The number of unbranched alkanes of at least 4 members (excludes halogenated alkanes) is 2. The number of phenols is 1. The number of phenolic OH excluding ortho intramolecular Hbond substituents is 1. The van der Waals surface area contributed by atoms with Crippen LogP contribution in [0.25, 0.3) is 0 Å². The molecular formula is C22H33NO. The zero-order valence-corrected chi connectivity index (χ0v) is 15.8. The highest BCUT2D eigenvalue weighted by molar-refractivity contribution is 5.81. The van der Waals surface area contributed by atoms with Gasteiger partial charge in [-0.05, 0) is 76.1 Å². The fourth-order valence-corrected chi connectivity index (χ4v) is 2.78. The molecule has 0 aliphatic carbocycles. The molecule has 1 rings (SSSR count). The van der Waals surface area contributed by atoms with E-state index in [1.54, 1.807) is 0 Å². The van der Waals surface area contributed by atoms with E-state index in [0.29, 0.717) is 12.2 Å². The number of aryl methyl sites for hydroxylation is 1. The third-order valence-electron chi connectivity index (χ3n) is 4.29. The van der Waals surface area contributed by atoms with Gasteiger partial charge in [-0.15, -0.1) is 0 Å². The second-order valence-corrected chi connectivity index (χ2v) is 6.86. The molecule has 0 atom stereocenters. The molecule has 1 aromatic rings. The summed E-state index contributed by atoms with van der Waals surface area (Å²) >= 11 is 0. The Morgan fingerprint density at radius 1 is 1.12 bits per heavy atom. The normalized spacial score (nSPS) is 11.4. The van der Waals surface area contributed by atoms with Crippen molar-refractivity contribution >= 4 is 6.21 Å². The molecule has 0 saturated carbocycles. The number of rotatable bonds is 10. The van der Waals surface area contributed by atoms with Gasteiger partial charge in [0.1, 0.15) is 5.75 Å². The number of allylic oxidation sites excluding steroid dienone is 4. The summed E-state index contributed by atoms with van der Waals surface area (Å²) < 4.78 is 0. The molecule has 0 bridgehead atoms. The fraction of sp³-hybridized carbons (Fsp3) is 0.500. The van der Waals surface area contributed by atoms with Crippen LogP contribution >= 0.6 is 0 Å². The van der Waals surface area contributed by atoms with Gasteiger partial charge in [0.25, 0.3) is 0 Å². The van der Waals surface area contributed by atoms with Gasteiger partial charge in [-0.1, -0.05) is 43.1 Å².